The zero-order valence-electron chi connectivity index (χ0n) is 54.3. The van der Waals surface area contributed by atoms with E-state index in [0.717, 1.165) is 94.7 Å². The molecule has 466 valence electrons. The lowest BCUT2D eigenvalue weighted by atomic mass is 9.90. The summed E-state index contributed by atoms with van der Waals surface area (Å²) < 4.78 is 9.43. The Hall–Kier alpha value is -13.4. The number of para-hydroxylation sites is 6. The molecule has 0 saturated heterocycles. The first-order chi connectivity index (χ1) is 49.6. The predicted molar refractivity (Wildman–Crippen MR) is 417 cm³/mol. The van der Waals surface area contributed by atoms with Crippen molar-refractivity contribution in [1.29, 1.82) is 0 Å². The Morgan fingerprint density at radius 1 is 0.160 bits per heavy atom. The molecule has 0 amide bonds. The molecule has 6 nitrogen and oxygen atoms in total. The Bertz CT molecular complexity index is 6630. The molecule has 0 N–H and O–H groups in total. The Morgan fingerprint density at radius 2 is 0.460 bits per heavy atom. The van der Waals surface area contributed by atoms with Gasteiger partial charge in [-0.2, -0.15) is 0 Å². The molecule has 0 spiro atoms. The molecular formula is C94H60N6. The summed E-state index contributed by atoms with van der Waals surface area (Å²) >= 11 is 0. The maximum atomic E-state index is 5.70. The maximum Gasteiger partial charge on any atom is 0.235 e. The summed E-state index contributed by atoms with van der Waals surface area (Å²) in [7, 11) is 0. The fraction of sp³-hybridized carbons (Fsp3) is 0. The smallest absolute Gasteiger partial charge is 0.235 e. The SMILES string of the molecule is c1ccc(-c2ccc(-c3cccc(-c4cc(-c5cccc(-n6c7ccccc7c7cc(-c8ccc9c(c8)c8ccccc8n9-c8ccccc8)ccc76)c5)nc(-n5c6ccccc6c6cc(-c7ccc8c(c7)c7ccccc7n8-c7ccccc7)ccc65)n4)c3)cc2-c2ccccc2)cc1. The molecule has 100 heavy (non-hydrogen) atoms. The third-order valence-corrected chi connectivity index (χ3v) is 20.4. The van der Waals surface area contributed by atoms with E-state index in [1.54, 1.807) is 0 Å². The van der Waals surface area contributed by atoms with Gasteiger partial charge in [0.05, 0.1) is 55.5 Å². The van der Waals surface area contributed by atoms with Crippen molar-refractivity contribution >= 4 is 87.2 Å². The van der Waals surface area contributed by atoms with Crippen molar-refractivity contribution in [3.05, 3.63) is 364 Å². The van der Waals surface area contributed by atoms with Gasteiger partial charge < -0.3 is 13.7 Å². The molecule has 0 radical (unpaired) electrons. The van der Waals surface area contributed by atoms with E-state index in [0.29, 0.717) is 5.95 Å². The Balaban J connectivity index is 0.738. The minimum Gasteiger partial charge on any atom is -0.309 e. The molecule has 0 aliphatic rings. The van der Waals surface area contributed by atoms with Crippen molar-refractivity contribution < 1.29 is 0 Å². The van der Waals surface area contributed by atoms with E-state index in [2.05, 4.69) is 382 Å². The van der Waals surface area contributed by atoms with Gasteiger partial charge in [-0.15, -0.1) is 0 Å². The second-order valence-corrected chi connectivity index (χ2v) is 26.1. The van der Waals surface area contributed by atoms with Gasteiger partial charge in [0.2, 0.25) is 5.95 Å². The van der Waals surface area contributed by atoms with E-state index in [1.807, 2.05) is 0 Å². The average Bonchev–Trinajstić information content (AvgIpc) is 1.60. The lowest BCUT2D eigenvalue weighted by molar-refractivity contribution is 0.995. The zero-order chi connectivity index (χ0) is 65.8. The number of hydrogen-bond donors (Lipinski definition) is 0. The first kappa shape index (κ1) is 56.9. The molecule has 5 heterocycles. The molecule has 5 aromatic heterocycles. The molecule has 0 fully saturated rings. The van der Waals surface area contributed by atoms with Crippen LogP contribution in [-0.2, 0) is 0 Å². The van der Waals surface area contributed by atoms with E-state index >= 15 is 0 Å². The number of nitrogens with zero attached hydrogens (tertiary/aromatic N) is 6. The van der Waals surface area contributed by atoms with Gasteiger partial charge in [-0.3, -0.25) is 4.57 Å². The number of rotatable bonds is 11. The first-order valence-electron chi connectivity index (χ1n) is 34.2. The number of benzene rings is 15. The van der Waals surface area contributed by atoms with Crippen molar-refractivity contribution in [1.82, 2.24) is 28.2 Å². The highest BCUT2D eigenvalue weighted by Crippen LogP contribution is 2.43. The van der Waals surface area contributed by atoms with Crippen molar-refractivity contribution in [3.8, 4) is 101 Å². The van der Waals surface area contributed by atoms with Crippen LogP contribution in [0.5, 0.6) is 0 Å². The molecule has 20 rings (SSSR count). The van der Waals surface area contributed by atoms with Gasteiger partial charge in [-0.05, 0) is 183 Å². The Kier molecular flexibility index (Phi) is 13.2. The average molecular weight is 1270 g/mol. The summed E-state index contributed by atoms with van der Waals surface area (Å²) in [6, 6.07) is 132. The van der Waals surface area contributed by atoms with Gasteiger partial charge in [-0.25, -0.2) is 9.97 Å². The second-order valence-electron chi connectivity index (χ2n) is 26.1. The summed E-state index contributed by atoms with van der Waals surface area (Å²) in [6.45, 7) is 0. The van der Waals surface area contributed by atoms with Crippen molar-refractivity contribution in [2.45, 2.75) is 0 Å². The highest BCUT2D eigenvalue weighted by atomic mass is 15.2. The van der Waals surface area contributed by atoms with E-state index in [-0.39, 0.29) is 0 Å². The zero-order valence-corrected chi connectivity index (χ0v) is 54.3. The summed E-state index contributed by atoms with van der Waals surface area (Å²) in [5, 5.41) is 9.53. The van der Waals surface area contributed by atoms with Gasteiger partial charge in [0.25, 0.3) is 0 Å². The Morgan fingerprint density at radius 3 is 0.920 bits per heavy atom. The van der Waals surface area contributed by atoms with Crippen LogP contribution < -0.4 is 0 Å². The molecule has 0 aliphatic carbocycles. The van der Waals surface area contributed by atoms with Crippen LogP contribution in [0, 0.1) is 0 Å². The van der Waals surface area contributed by atoms with Crippen LogP contribution in [-0.4, -0.2) is 28.2 Å². The molecule has 0 saturated carbocycles. The van der Waals surface area contributed by atoms with E-state index in [1.165, 1.54) is 87.8 Å². The number of fused-ring (bicyclic) bond motifs is 12. The van der Waals surface area contributed by atoms with Gasteiger partial charge >= 0.3 is 0 Å². The van der Waals surface area contributed by atoms with E-state index < -0.39 is 0 Å². The van der Waals surface area contributed by atoms with Crippen LogP contribution >= 0.6 is 0 Å². The molecule has 20 aromatic rings. The molecular weight excluding hydrogens is 1210 g/mol. The number of hydrogen-bond acceptors (Lipinski definition) is 2. The predicted octanol–water partition coefficient (Wildman–Crippen LogP) is 24.5. The second kappa shape index (κ2) is 23.2. The van der Waals surface area contributed by atoms with Crippen LogP contribution in [0.1, 0.15) is 0 Å². The third-order valence-electron chi connectivity index (χ3n) is 20.4. The fourth-order valence-corrected chi connectivity index (χ4v) is 15.8. The summed E-state index contributed by atoms with van der Waals surface area (Å²) in [5.74, 6) is 0.586. The highest BCUT2D eigenvalue weighted by Gasteiger charge is 2.22. The van der Waals surface area contributed by atoms with Crippen molar-refractivity contribution in [2.24, 2.45) is 0 Å². The largest absolute Gasteiger partial charge is 0.309 e. The van der Waals surface area contributed by atoms with Crippen LogP contribution in [0.25, 0.3) is 188 Å². The lowest BCUT2D eigenvalue weighted by Gasteiger charge is -2.15. The first-order valence-corrected chi connectivity index (χ1v) is 34.2. The minimum absolute atomic E-state index is 0.586. The van der Waals surface area contributed by atoms with Gasteiger partial charge in [0.15, 0.2) is 0 Å². The summed E-state index contributed by atoms with van der Waals surface area (Å²) in [5.41, 5.74) is 27.5. The lowest BCUT2D eigenvalue weighted by Crippen LogP contribution is -2.04. The van der Waals surface area contributed by atoms with Gasteiger partial charge in [0, 0.05) is 71.3 Å². The highest BCUT2D eigenvalue weighted by molar-refractivity contribution is 6.15. The molecule has 0 atom stereocenters. The van der Waals surface area contributed by atoms with Crippen LogP contribution in [0.2, 0.25) is 0 Å². The summed E-state index contributed by atoms with van der Waals surface area (Å²) in [4.78, 5) is 11.4. The van der Waals surface area contributed by atoms with Crippen molar-refractivity contribution in [2.75, 3.05) is 0 Å². The van der Waals surface area contributed by atoms with E-state index in [9.17, 15) is 0 Å². The normalized spacial score (nSPS) is 11.8. The third kappa shape index (κ3) is 9.34. The maximum absolute atomic E-state index is 5.70. The van der Waals surface area contributed by atoms with Crippen LogP contribution in [0.15, 0.2) is 364 Å². The standard InChI is InChI=1S/C94H60N6/c1-5-23-61(24-6-1)74-48-43-64(55-79(74)62-25-7-2-8-26-62)63-27-21-28-69(53-63)84-60-85(96-94(95-84)100-89-42-20-16-38-78(89)83-59-68(47-52-93(83)100)66-45-50-91-81(57-66)76-36-14-18-40-87(76)98(91)72-32-11-4-12-33-72)70-29-22-34-73(54-70)99-88-41-19-15-37-77(88)82-58-67(46-51-92(82)99)65-44-49-90-80(56-65)75-35-13-17-39-86(75)97(90)71-30-9-3-10-31-71/h1-60H. The number of aromatic nitrogens is 6. The summed E-state index contributed by atoms with van der Waals surface area (Å²) in [6.07, 6.45) is 0. The molecule has 0 unspecified atom stereocenters. The quantitative estimate of drug-likeness (QED) is 0.130. The van der Waals surface area contributed by atoms with E-state index in [4.69, 9.17) is 9.97 Å². The molecule has 15 aromatic carbocycles. The minimum atomic E-state index is 0.586. The molecule has 0 bridgehead atoms. The van der Waals surface area contributed by atoms with Crippen molar-refractivity contribution in [3.63, 3.8) is 0 Å². The van der Waals surface area contributed by atoms with Crippen LogP contribution in [0.4, 0.5) is 0 Å². The monoisotopic (exact) mass is 1270 g/mol. The van der Waals surface area contributed by atoms with Gasteiger partial charge in [-0.1, -0.05) is 237 Å². The fourth-order valence-electron chi connectivity index (χ4n) is 15.8. The van der Waals surface area contributed by atoms with Crippen LogP contribution in [0.3, 0.4) is 0 Å². The topological polar surface area (TPSA) is 45.5 Å². The van der Waals surface area contributed by atoms with Gasteiger partial charge in [0.1, 0.15) is 0 Å². The Labute approximate surface area is 577 Å². The molecule has 0 aliphatic heterocycles. The molecule has 6 heteroatoms.